The second kappa shape index (κ2) is 3.62. The van der Waals surface area contributed by atoms with Gasteiger partial charge >= 0.3 is 0 Å². The summed E-state index contributed by atoms with van der Waals surface area (Å²) in [6.07, 6.45) is 0. The molecule has 14 heavy (non-hydrogen) atoms. The first-order chi connectivity index (χ1) is 6.58. The van der Waals surface area contributed by atoms with Gasteiger partial charge in [0.2, 0.25) is 0 Å². The van der Waals surface area contributed by atoms with Crippen LogP contribution in [0.15, 0.2) is 0 Å². The van der Waals surface area contributed by atoms with Crippen LogP contribution in [0.25, 0.3) is 11.6 Å². The van der Waals surface area contributed by atoms with Crippen LogP contribution in [0, 0.1) is 0 Å². The van der Waals surface area contributed by atoms with Crippen molar-refractivity contribution in [2.75, 3.05) is 0 Å². The molecule has 2 heterocycles. The fourth-order valence-corrected chi connectivity index (χ4v) is 1.41. The molecule has 0 atom stereocenters. The fourth-order valence-electron chi connectivity index (χ4n) is 0.886. The molecule has 0 fully saturated rings. The summed E-state index contributed by atoms with van der Waals surface area (Å²) in [5.41, 5.74) is 0. The van der Waals surface area contributed by atoms with Gasteiger partial charge in [-0.1, -0.05) is 46.4 Å². The summed E-state index contributed by atoms with van der Waals surface area (Å²) in [4.78, 5) is 13.2. The van der Waals surface area contributed by atoms with Crippen molar-refractivity contribution in [2.45, 2.75) is 0 Å². The van der Waals surface area contributed by atoms with Gasteiger partial charge in [0, 0.05) is 0 Å². The Labute approximate surface area is 98.6 Å². The Morgan fingerprint density at radius 1 is 0.714 bits per heavy atom. The van der Waals surface area contributed by atoms with Crippen LogP contribution in [0.3, 0.4) is 0 Å². The average Bonchev–Trinajstić information content (AvgIpc) is 2.60. The van der Waals surface area contributed by atoms with E-state index in [9.17, 15) is 0 Å². The number of rotatable bonds is 1. The molecule has 0 saturated heterocycles. The molecule has 74 valence electrons. The highest BCUT2D eigenvalue weighted by Crippen LogP contribution is 2.26. The van der Waals surface area contributed by atoms with Gasteiger partial charge in [-0.3, -0.25) is 0 Å². The molecule has 0 amide bonds. The highest BCUT2D eigenvalue weighted by molar-refractivity contribution is 6.41. The summed E-state index contributed by atoms with van der Waals surface area (Å²) in [6, 6.07) is 0. The summed E-state index contributed by atoms with van der Waals surface area (Å²) >= 11 is 22.6. The number of imidazole rings is 2. The molecule has 2 rings (SSSR count). The number of hydrogen-bond acceptors (Lipinski definition) is 2. The van der Waals surface area contributed by atoms with Crippen LogP contribution in [0.2, 0.25) is 20.6 Å². The number of hydrogen-bond donors (Lipinski definition) is 2. The maximum Gasteiger partial charge on any atom is 0.176 e. The topological polar surface area (TPSA) is 57.4 Å². The predicted octanol–water partition coefficient (Wildman–Crippen LogP) is 3.41. The molecule has 0 spiro atoms. The van der Waals surface area contributed by atoms with Crippen LogP contribution in [0.5, 0.6) is 0 Å². The standard InChI is InChI=1S/C6H2Cl4N4/c7-1-2(8)12-5(11-1)6-13-3(9)4(10)14-6/h(H,11,12)(H,13,14). The van der Waals surface area contributed by atoms with Crippen LogP contribution in [-0.4, -0.2) is 19.9 Å². The fraction of sp³-hybridized carbons (Fsp3) is 0. The average molecular weight is 272 g/mol. The van der Waals surface area contributed by atoms with E-state index in [1.165, 1.54) is 0 Å². The molecule has 4 nitrogen and oxygen atoms in total. The zero-order chi connectivity index (χ0) is 10.3. The summed E-state index contributed by atoms with van der Waals surface area (Å²) in [5.74, 6) is 0.766. The highest BCUT2D eigenvalue weighted by atomic mass is 35.5. The third-order valence-corrected chi connectivity index (χ3v) is 2.75. The summed E-state index contributed by atoms with van der Waals surface area (Å²) < 4.78 is 0. The van der Waals surface area contributed by atoms with Crippen molar-refractivity contribution in [3.63, 3.8) is 0 Å². The van der Waals surface area contributed by atoms with E-state index >= 15 is 0 Å². The second-order valence-electron chi connectivity index (χ2n) is 2.38. The van der Waals surface area contributed by atoms with Crippen molar-refractivity contribution in [1.29, 1.82) is 0 Å². The maximum atomic E-state index is 5.67. The SMILES string of the molecule is Clc1nc(-c2nc(Cl)c(Cl)[nH]2)[nH]c1Cl. The monoisotopic (exact) mass is 270 g/mol. The number of H-pyrrole nitrogens is 2. The summed E-state index contributed by atoms with van der Waals surface area (Å²) in [7, 11) is 0. The van der Waals surface area contributed by atoms with E-state index in [-0.39, 0.29) is 20.6 Å². The van der Waals surface area contributed by atoms with Crippen molar-refractivity contribution >= 4 is 46.4 Å². The lowest BCUT2D eigenvalue weighted by atomic mass is 10.6. The van der Waals surface area contributed by atoms with E-state index in [2.05, 4.69) is 19.9 Å². The van der Waals surface area contributed by atoms with E-state index in [4.69, 9.17) is 46.4 Å². The third-order valence-electron chi connectivity index (χ3n) is 1.46. The quantitative estimate of drug-likeness (QED) is 0.835. The van der Waals surface area contributed by atoms with Gasteiger partial charge < -0.3 is 9.97 Å². The lowest BCUT2D eigenvalue weighted by Crippen LogP contribution is -1.82. The Morgan fingerprint density at radius 3 is 1.29 bits per heavy atom. The largest absolute Gasteiger partial charge is 0.325 e. The van der Waals surface area contributed by atoms with Gasteiger partial charge in [-0.2, -0.15) is 0 Å². The van der Waals surface area contributed by atoms with E-state index in [1.807, 2.05) is 0 Å². The normalized spacial score (nSPS) is 10.9. The smallest absolute Gasteiger partial charge is 0.176 e. The van der Waals surface area contributed by atoms with Crippen LogP contribution < -0.4 is 0 Å². The number of aromatic amines is 2. The molecule has 2 aromatic heterocycles. The van der Waals surface area contributed by atoms with Gasteiger partial charge in [0.05, 0.1) is 0 Å². The van der Waals surface area contributed by atoms with E-state index in [1.54, 1.807) is 0 Å². The molecule has 0 bridgehead atoms. The molecular weight excluding hydrogens is 270 g/mol. The molecule has 0 aromatic carbocycles. The lowest BCUT2D eigenvalue weighted by Gasteiger charge is -1.86. The minimum Gasteiger partial charge on any atom is -0.325 e. The first-order valence-corrected chi connectivity index (χ1v) is 4.91. The second-order valence-corrected chi connectivity index (χ2v) is 3.85. The van der Waals surface area contributed by atoms with Crippen LogP contribution in [0.1, 0.15) is 0 Å². The molecule has 0 saturated carbocycles. The van der Waals surface area contributed by atoms with Gasteiger partial charge in [-0.15, -0.1) is 0 Å². The van der Waals surface area contributed by atoms with Gasteiger partial charge in [0.1, 0.15) is 10.3 Å². The molecule has 0 unspecified atom stereocenters. The minimum absolute atomic E-state index is 0.172. The number of aromatic nitrogens is 4. The van der Waals surface area contributed by atoms with Gasteiger partial charge in [0.25, 0.3) is 0 Å². The van der Waals surface area contributed by atoms with Crippen LogP contribution in [-0.2, 0) is 0 Å². The van der Waals surface area contributed by atoms with Gasteiger partial charge in [-0.25, -0.2) is 9.97 Å². The first kappa shape index (κ1) is 10.1. The Hall–Kier alpha value is -0.420. The molecule has 0 aliphatic heterocycles. The van der Waals surface area contributed by atoms with Crippen LogP contribution >= 0.6 is 46.4 Å². The molecule has 2 N–H and O–H groups in total. The number of halogens is 4. The Kier molecular flexibility index (Phi) is 2.62. The number of nitrogens with one attached hydrogen (secondary N) is 2. The summed E-state index contributed by atoms with van der Waals surface area (Å²) in [5, 5.41) is 0.825. The molecular formula is C6H2Cl4N4. The number of nitrogens with zero attached hydrogens (tertiary/aromatic N) is 2. The lowest BCUT2D eigenvalue weighted by molar-refractivity contribution is 1.20. The molecule has 2 aromatic rings. The van der Waals surface area contributed by atoms with Crippen LogP contribution in [0.4, 0.5) is 0 Å². The Bertz CT molecular complexity index is 391. The van der Waals surface area contributed by atoms with E-state index < -0.39 is 0 Å². The van der Waals surface area contributed by atoms with Gasteiger partial charge in [0.15, 0.2) is 22.0 Å². The summed E-state index contributed by atoms with van der Waals surface area (Å²) in [6.45, 7) is 0. The van der Waals surface area contributed by atoms with E-state index in [0.717, 1.165) is 0 Å². The van der Waals surface area contributed by atoms with E-state index in [0.29, 0.717) is 11.6 Å². The van der Waals surface area contributed by atoms with Crippen molar-refractivity contribution in [1.82, 2.24) is 19.9 Å². The zero-order valence-electron chi connectivity index (χ0n) is 6.41. The molecule has 0 radical (unpaired) electrons. The van der Waals surface area contributed by atoms with Crippen molar-refractivity contribution in [2.24, 2.45) is 0 Å². The zero-order valence-corrected chi connectivity index (χ0v) is 9.43. The van der Waals surface area contributed by atoms with Crippen molar-refractivity contribution < 1.29 is 0 Å². The Balaban J connectivity index is 2.49. The first-order valence-electron chi connectivity index (χ1n) is 3.40. The third kappa shape index (κ3) is 1.70. The highest BCUT2D eigenvalue weighted by Gasteiger charge is 2.13. The van der Waals surface area contributed by atoms with Gasteiger partial charge in [-0.05, 0) is 0 Å². The predicted molar refractivity (Wildman–Crippen MR) is 56.2 cm³/mol. The Morgan fingerprint density at radius 2 is 1.07 bits per heavy atom. The molecule has 8 heteroatoms. The maximum absolute atomic E-state index is 5.67. The molecule has 0 aliphatic rings. The van der Waals surface area contributed by atoms with Crippen molar-refractivity contribution in [3.8, 4) is 11.6 Å². The molecule has 0 aliphatic carbocycles. The van der Waals surface area contributed by atoms with Crippen molar-refractivity contribution in [3.05, 3.63) is 20.6 Å². The minimum atomic E-state index is 0.172.